The summed E-state index contributed by atoms with van der Waals surface area (Å²) in [6.07, 6.45) is 2.78. The van der Waals surface area contributed by atoms with Crippen molar-refractivity contribution >= 4 is 11.8 Å². The molecule has 0 unspecified atom stereocenters. The molecule has 4 heteroatoms. The van der Waals surface area contributed by atoms with Crippen molar-refractivity contribution in [3.63, 3.8) is 0 Å². The first-order valence-electron chi connectivity index (χ1n) is 10.1. The first-order valence-corrected chi connectivity index (χ1v) is 10.1. The topological polar surface area (TPSA) is 40.6 Å². The smallest absolute Gasteiger partial charge is 0.253 e. The number of likely N-dealkylation sites (tertiary alicyclic amines) is 2. The predicted octanol–water partition coefficient (Wildman–Crippen LogP) is 3.86. The highest BCUT2D eigenvalue weighted by molar-refractivity contribution is 5.94. The summed E-state index contributed by atoms with van der Waals surface area (Å²) in [4.78, 5) is 29.5. The Morgan fingerprint density at radius 3 is 2.29 bits per heavy atom. The van der Waals surface area contributed by atoms with Gasteiger partial charge in [0.05, 0.1) is 5.92 Å². The maximum Gasteiger partial charge on any atom is 0.253 e. The van der Waals surface area contributed by atoms with E-state index in [1.54, 1.807) is 0 Å². The lowest BCUT2D eigenvalue weighted by molar-refractivity contribution is -0.139. The fraction of sp³-hybridized carbons (Fsp3) is 0.417. The molecule has 146 valence electrons. The minimum atomic E-state index is -0.0701. The third kappa shape index (κ3) is 3.56. The number of likely N-dealkylation sites (N-methyl/N-ethyl adjacent to an activating group) is 1. The molecular formula is C24H28N2O2. The number of hydrogen-bond donors (Lipinski definition) is 0. The van der Waals surface area contributed by atoms with Crippen LogP contribution in [0.5, 0.6) is 0 Å². The van der Waals surface area contributed by atoms with Crippen molar-refractivity contribution in [3.8, 4) is 0 Å². The summed E-state index contributed by atoms with van der Waals surface area (Å²) in [5.41, 5.74) is 3.14. The molecule has 0 bridgehead atoms. The van der Waals surface area contributed by atoms with Gasteiger partial charge < -0.3 is 9.80 Å². The number of carbonyl (C=O) groups excluding carboxylic acids is 2. The first kappa shape index (κ1) is 18.7. The molecule has 2 aromatic carbocycles. The summed E-state index contributed by atoms with van der Waals surface area (Å²) < 4.78 is 0. The lowest BCUT2D eigenvalue weighted by atomic mass is 9.67. The van der Waals surface area contributed by atoms with Gasteiger partial charge in [-0.15, -0.1) is 0 Å². The Labute approximate surface area is 167 Å². The van der Waals surface area contributed by atoms with Crippen LogP contribution in [0.4, 0.5) is 0 Å². The average molecular weight is 377 g/mol. The summed E-state index contributed by atoms with van der Waals surface area (Å²) in [5, 5.41) is 0. The van der Waals surface area contributed by atoms with Gasteiger partial charge in [0, 0.05) is 32.2 Å². The van der Waals surface area contributed by atoms with Gasteiger partial charge in [-0.1, -0.05) is 48.0 Å². The van der Waals surface area contributed by atoms with Crippen molar-refractivity contribution in [2.45, 2.75) is 32.1 Å². The molecule has 0 N–H and O–H groups in total. The normalized spacial score (nSPS) is 21.8. The zero-order chi connectivity index (χ0) is 19.7. The monoisotopic (exact) mass is 376 g/mol. The number of aryl methyl sites for hydroxylation is 1. The number of rotatable bonds is 2. The molecule has 1 spiro atoms. The van der Waals surface area contributed by atoms with E-state index < -0.39 is 0 Å². The van der Waals surface area contributed by atoms with Gasteiger partial charge in [-0.2, -0.15) is 0 Å². The number of amides is 2. The second-order valence-electron chi connectivity index (χ2n) is 8.52. The number of benzene rings is 2. The lowest BCUT2D eigenvalue weighted by Crippen LogP contribution is -2.53. The van der Waals surface area contributed by atoms with Crippen LogP contribution in [0.15, 0.2) is 54.6 Å². The molecule has 4 rings (SSSR count). The fourth-order valence-corrected chi connectivity index (χ4v) is 4.80. The highest BCUT2D eigenvalue weighted by Crippen LogP contribution is 2.45. The maximum absolute atomic E-state index is 12.8. The minimum absolute atomic E-state index is 0.0701. The Balaban J connectivity index is 1.47. The van der Waals surface area contributed by atoms with Crippen molar-refractivity contribution in [3.05, 3.63) is 71.3 Å². The number of hydrogen-bond acceptors (Lipinski definition) is 2. The van der Waals surface area contributed by atoms with E-state index >= 15 is 0 Å². The van der Waals surface area contributed by atoms with E-state index in [-0.39, 0.29) is 23.1 Å². The highest BCUT2D eigenvalue weighted by Gasteiger charge is 2.45. The molecule has 0 aromatic heterocycles. The van der Waals surface area contributed by atoms with Crippen LogP contribution in [-0.4, -0.2) is 48.3 Å². The Hall–Kier alpha value is -2.62. The molecule has 2 aliphatic rings. The number of piperidine rings is 2. The SMILES string of the molecule is Cc1ccc(C(=O)N2CCC3(CC2)C[C@@H](c2ccccc2)C(=O)N(C)C3)cc1. The van der Waals surface area contributed by atoms with Crippen LogP contribution in [0.3, 0.4) is 0 Å². The number of nitrogens with zero attached hydrogens (tertiary/aromatic N) is 2. The molecule has 0 saturated carbocycles. The van der Waals surface area contributed by atoms with Gasteiger partial charge in [-0.25, -0.2) is 0 Å². The van der Waals surface area contributed by atoms with Crippen molar-refractivity contribution in [2.24, 2.45) is 5.41 Å². The van der Waals surface area contributed by atoms with Gasteiger partial charge in [-0.05, 0) is 49.3 Å². The predicted molar refractivity (Wildman–Crippen MR) is 110 cm³/mol. The van der Waals surface area contributed by atoms with Crippen LogP contribution < -0.4 is 0 Å². The van der Waals surface area contributed by atoms with E-state index in [0.717, 1.165) is 55.6 Å². The van der Waals surface area contributed by atoms with E-state index in [2.05, 4.69) is 12.1 Å². The van der Waals surface area contributed by atoms with Gasteiger partial charge in [0.25, 0.3) is 5.91 Å². The molecule has 2 heterocycles. The average Bonchev–Trinajstić information content (AvgIpc) is 2.72. The van der Waals surface area contributed by atoms with Crippen LogP contribution in [0.25, 0.3) is 0 Å². The summed E-state index contributed by atoms with van der Waals surface area (Å²) in [7, 11) is 1.92. The summed E-state index contributed by atoms with van der Waals surface area (Å²) >= 11 is 0. The van der Waals surface area contributed by atoms with Crippen molar-refractivity contribution in [1.82, 2.24) is 9.80 Å². The molecule has 4 nitrogen and oxygen atoms in total. The highest BCUT2D eigenvalue weighted by atomic mass is 16.2. The van der Waals surface area contributed by atoms with E-state index in [1.165, 1.54) is 0 Å². The number of carbonyl (C=O) groups is 2. The van der Waals surface area contributed by atoms with Crippen molar-refractivity contribution in [1.29, 1.82) is 0 Å². The molecule has 28 heavy (non-hydrogen) atoms. The second-order valence-corrected chi connectivity index (χ2v) is 8.52. The molecule has 2 aromatic rings. The quantitative estimate of drug-likeness (QED) is 0.798. The summed E-state index contributed by atoms with van der Waals surface area (Å²) in [6, 6.07) is 17.9. The molecule has 2 amide bonds. The van der Waals surface area contributed by atoms with Gasteiger partial charge >= 0.3 is 0 Å². The fourth-order valence-electron chi connectivity index (χ4n) is 4.80. The molecule has 2 aliphatic heterocycles. The van der Waals surface area contributed by atoms with E-state index in [1.807, 2.05) is 66.2 Å². The molecule has 2 saturated heterocycles. The molecule has 1 atom stereocenters. The molecule has 0 radical (unpaired) electrons. The zero-order valence-corrected chi connectivity index (χ0v) is 16.7. The van der Waals surface area contributed by atoms with Crippen LogP contribution in [0, 0.1) is 12.3 Å². The Bertz CT molecular complexity index is 852. The Morgan fingerprint density at radius 2 is 1.64 bits per heavy atom. The van der Waals surface area contributed by atoms with Gasteiger partial charge in [-0.3, -0.25) is 9.59 Å². The van der Waals surface area contributed by atoms with Crippen LogP contribution in [0.1, 0.15) is 46.7 Å². The lowest BCUT2D eigenvalue weighted by Gasteiger charge is -2.49. The van der Waals surface area contributed by atoms with Gasteiger partial charge in [0.2, 0.25) is 5.91 Å². The van der Waals surface area contributed by atoms with Crippen molar-refractivity contribution in [2.75, 3.05) is 26.7 Å². The van der Waals surface area contributed by atoms with Gasteiger partial charge in [0.1, 0.15) is 0 Å². The minimum Gasteiger partial charge on any atom is -0.345 e. The van der Waals surface area contributed by atoms with E-state index in [0.29, 0.717) is 0 Å². The van der Waals surface area contributed by atoms with Crippen LogP contribution in [0.2, 0.25) is 0 Å². The second kappa shape index (κ2) is 7.42. The van der Waals surface area contributed by atoms with E-state index in [9.17, 15) is 9.59 Å². The maximum atomic E-state index is 12.8. The first-order chi connectivity index (χ1) is 13.5. The third-order valence-corrected chi connectivity index (χ3v) is 6.50. The Morgan fingerprint density at radius 1 is 1.00 bits per heavy atom. The largest absolute Gasteiger partial charge is 0.345 e. The summed E-state index contributed by atoms with van der Waals surface area (Å²) in [6.45, 7) is 4.34. The summed E-state index contributed by atoms with van der Waals surface area (Å²) in [5.74, 6) is 0.268. The zero-order valence-electron chi connectivity index (χ0n) is 16.7. The van der Waals surface area contributed by atoms with Crippen LogP contribution >= 0.6 is 0 Å². The van der Waals surface area contributed by atoms with Crippen LogP contribution in [-0.2, 0) is 4.79 Å². The van der Waals surface area contributed by atoms with E-state index in [4.69, 9.17) is 0 Å². The van der Waals surface area contributed by atoms with Crippen molar-refractivity contribution < 1.29 is 9.59 Å². The third-order valence-electron chi connectivity index (χ3n) is 6.50. The van der Waals surface area contributed by atoms with Gasteiger partial charge in [0.15, 0.2) is 0 Å². The molecule has 2 fully saturated rings. The standard InChI is InChI=1S/C24H28N2O2/c1-18-8-10-20(11-9-18)22(27)26-14-12-24(13-15-26)16-21(23(28)25(2)17-24)19-6-4-3-5-7-19/h3-11,21H,12-17H2,1-2H3/t21-/m0/s1. The molecular weight excluding hydrogens is 348 g/mol. The Kier molecular flexibility index (Phi) is 4.96. The molecule has 0 aliphatic carbocycles.